The van der Waals surface area contributed by atoms with Gasteiger partial charge in [-0.2, -0.15) is 0 Å². The molecule has 1 aromatic rings. The van der Waals surface area contributed by atoms with Crippen LogP contribution in [0.4, 0.5) is 5.69 Å². The Morgan fingerprint density at radius 1 is 1.06 bits per heavy atom. The molecule has 2 rings (SSSR count). The molecule has 0 aromatic heterocycles. The first kappa shape index (κ1) is 13.1. The molecule has 1 fully saturated rings. The van der Waals surface area contributed by atoms with Crippen molar-refractivity contribution in [3.8, 4) is 11.5 Å². The second kappa shape index (κ2) is 5.98. The molecule has 1 saturated carbocycles. The smallest absolute Gasteiger partial charge is 0.145 e. The van der Waals surface area contributed by atoms with Gasteiger partial charge in [0.25, 0.3) is 0 Å². The SMILES string of the molecule is COc1ccc(NC2CCC(C)CC2)c(OC)c1. The number of rotatable bonds is 4. The molecular formula is C15H23NO2. The minimum atomic E-state index is 0.573. The molecule has 1 N–H and O–H groups in total. The van der Waals surface area contributed by atoms with Crippen LogP contribution in [0.1, 0.15) is 32.6 Å². The Balaban J connectivity index is 2.04. The summed E-state index contributed by atoms with van der Waals surface area (Å²) in [6.07, 6.45) is 5.12. The van der Waals surface area contributed by atoms with Crippen LogP contribution >= 0.6 is 0 Å². The molecule has 0 spiro atoms. The van der Waals surface area contributed by atoms with Crippen LogP contribution in [0, 0.1) is 5.92 Å². The fourth-order valence-corrected chi connectivity index (χ4v) is 2.54. The van der Waals surface area contributed by atoms with E-state index in [0.717, 1.165) is 23.1 Å². The first-order valence-corrected chi connectivity index (χ1v) is 6.71. The van der Waals surface area contributed by atoms with Crippen LogP contribution in [-0.4, -0.2) is 20.3 Å². The van der Waals surface area contributed by atoms with Gasteiger partial charge in [0.1, 0.15) is 11.5 Å². The van der Waals surface area contributed by atoms with Gasteiger partial charge in [0, 0.05) is 12.1 Å². The Hall–Kier alpha value is -1.38. The van der Waals surface area contributed by atoms with Gasteiger partial charge in [-0.25, -0.2) is 0 Å². The lowest BCUT2D eigenvalue weighted by molar-refractivity contribution is 0.359. The molecule has 1 aromatic carbocycles. The van der Waals surface area contributed by atoms with Crippen molar-refractivity contribution in [2.75, 3.05) is 19.5 Å². The van der Waals surface area contributed by atoms with Crippen molar-refractivity contribution in [2.24, 2.45) is 5.92 Å². The summed E-state index contributed by atoms with van der Waals surface area (Å²) in [4.78, 5) is 0. The third-order valence-electron chi connectivity index (χ3n) is 3.78. The lowest BCUT2D eigenvalue weighted by Crippen LogP contribution is -2.25. The summed E-state index contributed by atoms with van der Waals surface area (Å²) >= 11 is 0. The van der Waals surface area contributed by atoms with Gasteiger partial charge in [0.2, 0.25) is 0 Å². The van der Waals surface area contributed by atoms with Crippen molar-refractivity contribution in [1.29, 1.82) is 0 Å². The number of methoxy groups -OCH3 is 2. The second-order valence-corrected chi connectivity index (χ2v) is 5.17. The zero-order valence-electron chi connectivity index (χ0n) is 11.5. The molecule has 3 heteroatoms. The van der Waals surface area contributed by atoms with Crippen LogP contribution in [0.25, 0.3) is 0 Å². The Labute approximate surface area is 109 Å². The number of benzene rings is 1. The predicted octanol–water partition coefficient (Wildman–Crippen LogP) is 3.69. The van der Waals surface area contributed by atoms with E-state index in [1.807, 2.05) is 18.2 Å². The van der Waals surface area contributed by atoms with Crippen molar-refractivity contribution in [1.82, 2.24) is 0 Å². The predicted molar refractivity (Wildman–Crippen MR) is 74.6 cm³/mol. The molecule has 0 heterocycles. The standard InChI is InChI=1S/C15H23NO2/c1-11-4-6-12(7-5-11)16-14-9-8-13(17-2)10-15(14)18-3/h8-12,16H,4-7H2,1-3H3. The zero-order chi connectivity index (χ0) is 13.0. The molecule has 0 radical (unpaired) electrons. The van der Waals surface area contributed by atoms with Crippen molar-refractivity contribution in [2.45, 2.75) is 38.6 Å². The summed E-state index contributed by atoms with van der Waals surface area (Å²) in [6, 6.07) is 6.50. The molecule has 1 aliphatic carbocycles. The van der Waals surface area contributed by atoms with Crippen molar-refractivity contribution in [3.05, 3.63) is 18.2 Å². The summed E-state index contributed by atoms with van der Waals surface area (Å²) < 4.78 is 10.6. The highest BCUT2D eigenvalue weighted by Crippen LogP contribution is 2.32. The number of hydrogen-bond donors (Lipinski definition) is 1. The van der Waals surface area contributed by atoms with Crippen LogP contribution in [0.15, 0.2) is 18.2 Å². The number of nitrogens with one attached hydrogen (secondary N) is 1. The molecular weight excluding hydrogens is 226 g/mol. The molecule has 0 unspecified atom stereocenters. The van der Waals surface area contributed by atoms with E-state index in [1.54, 1.807) is 14.2 Å². The third-order valence-corrected chi connectivity index (χ3v) is 3.78. The van der Waals surface area contributed by atoms with E-state index in [2.05, 4.69) is 12.2 Å². The summed E-state index contributed by atoms with van der Waals surface area (Å²) in [5.41, 5.74) is 1.07. The van der Waals surface area contributed by atoms with Gasteiger partial charge >= 0.3 is 0 Å². The summed E-state index contributed by atoms with van der Waals surface area (Å²) in [5, 5.41) is 3.59. The number of anilines is 1. The molecule has 3 nitrogen and oxygen atoms in total. The minimum Gasteiger partial charge on any atom is -0.497 e. The van der Waals surface area contributed by atoms with E-state index in [1.165, 1.54) is 25.7 Å². The normalized spacial score (nSPS) is 23.5. The fourth-order valence-electron chi connectivity index (χ4n) is 2.54. The Morgan fingerprint density at radius 3 is 2.39 bits per heavy atom. The fraction of sp³-hybridized carbons (Fsp3) is 0.600. The molecule has 18 heavy (non-hydrogen) atoms. The summed E-state index contributed by atoms with van der Waals surface area (Å²) in [6.45, 7) is 2.34. The maximum absolute atomic E-state index is 5.41. The molecule has 1 aliphatic rings. The highest BCUT2D eigenvalue weighted by atomic mass is 16.5. The van der Waals surface area contributed by atoms with Gasteiger partial charge in [-0.15, -0.1) is 0 Å². The summed E-state index contributed by atoms with van der Waals surface area (Å²) in [7, 11) is 3.37. The van der Waals surface area contributed by atoms with Gasteiger partial charge in [-0.05, 0) is 43.7 Å². The molecule has 0 saturated heterocycles. The van der Waals surface area contributed by atoms with Crippen LogP contribution in [0.5, 0.6) is 11.5 Å². The van der Waals surface area contributed by atoms with Crippen LogP contribution in [0.2, 0.25) is 0 Å². The van der Waals surface area contributed by atoms with Gasteiger partial charge in [0.05, 0.1) is 19.9 Å². The van der Waals surface area contributed by atoms with E-state index in [4.69, 9.17) is 9.47 Å². The largest absolute Gasteiger partial charge is 0.497 e. The topological polar surface area (TPSA) is 30.5 Å². The Morgan fingerprint density at radius 2 is 1.78 bits per heavy atom. The minimum absolute atomic E-state index is 0.573. The molecule has 0 atom stereocenters. The van der Waals surface area contributed by atoms with Crippen molar-refractivity contribution >= 4 is 5.69 Å². The highest BCUT2D eigenvalue weighted by Gasteiger charge is 2.19. The van der Waals surface area contributed by atoms with Gasteiger partial charge in [-0.3, -0.25) is 0 Å². The van der Waals surface area contributed by atoms with Gasteiger partial charge in [-0.1, -0.05) is 6.92 Å². The van der Waals surface area contributed by atoms with E-state index in [-0.39, 0.29) is 0 Å². The quantitative estimate of drug-likeness (QED) is 0.882. The average molecular weight is 249 g/mol. The number of hydrogen-bond acceptors (Lipinski definition) is 3. The monoisotopic (exact) mass is 249 g/mol. The Bertz CT molecular complexity index is 384. The van der Waals surface area contributed by atoms with Crippen molar-refractivity contribution < 1.29 is 9.47 Å². The molecule has 0 bridgehead atoms. The third kappa shape index (κ3) is 3.09. The molecule has 100 valence electrons. The maximum Gasteiger partial charge on any atom is 0.145 e. The van der Waals surface area contributed by atoms with Crippen LogP contribution < -0.4 is 14.8 Å². The first-order chi connectivity index (χ1) is 8.72. The van der Waals surface area contributed by atoms with Crippen molar-refractivity contribution in [3.63, 3.8) is 0 Å². The lowest BCUT2D eigenvalue weighted by atomic mass is 9.87. The van der Waals surface area contributed by atoms with Crippen LogP contribution in [-0.2, 0) is 0 Å². The number of ether oxygens (including phenoxy) is 2. The maximum atomic E-state index is 5.41. The van der Waals surface area contributed by atoms with E-state index < -0.39 is 0 Å². The Kier molecular flexibility index (Phi) is 4.34. The van der Waals surface area contributed by atoms with Gasteiger partial charge in [0.15, 0.2) is 0 Å². The van der Waals surface area contributed by atoms with E-state index in [0.29, 0.717) is 6.04 Å². The lowest BCUT2D eigenvalue weighted by Gasteiger charge is -2.28. The second-order valence-electron chi connectivity index (χ2n) is 5.17. The van der Waals surface area contributed by atoms with E-state index in [9.17, 15) is 0 Å². The highest BCUT2D eigenvalue weighted by molar-refractivity contribution is 5.59. The van der Waals surface area contributed by atoms with Gasteiger partial charge < -0.3 is 14.8 Å². The average Bonchev–Trinajstić information content (AvgIpc) is 2.41. The molecule has 0 aliphatic heterocycles. The van der Waals surface area contributed by atoms with E-state index >= 15 is 0 Å². The first-order valence-electron chi connectivity index (χ1n) is 6.71. The summed E-state index contributed by atoms with van der Waals surface area (Å²) in [5.74, 6) is 2.56. The van der Waals surface area contributed by atoms with Crippen LogP contribution in [0.3, 0.4) is 0 Å². The molecule has 0 amide bonds. The zero-order valence-corrected chi connectivity index (χ0v) is 11.5.